The molecule has 7 nitrogen and oxygen atoms in total. The Kier molecular flexibility index (Phi) is 5.17. The first-order valence-corrected chi connectivity index (χ1v) is 8.32. The first-order chi connectivity index (χ1) is 12.5. The zero-order valence-electron chi connectivity index (χ0n) is 14.4. The van der Waals surface area contributed by atoms with Crippen LogP contribution in [0.15, 0.2) is 61.1 Å². The van der Waals surface area contributed by atoms with Crippen LogP contribution in [-0.2, 0) is 11.3 Å². The quantitative estimate of drug-likeness (QED) is 0.684. The first-order valence-electron chi connectivity index (χ1n) is 8.32. The molecule has 1 atom stereocenters. The lowest BCUT2D eigenvalue weighted by Gasteiger charge is -2.16. The van der Waals surface area contributed by atoms with Gasteiger partial charge in [0.1, 0.15) is 5.69 Å². The summed E-state index contributed by atoms with van der Waals surface area (Å²) in [5, 5.41) is 15.9. The molecule has 2 aromatic heterocycles. The van der Waals surface area contributed by atoms with E-state index in [1.807, 2.05) is 60.3 Å². The summed E-state index contributed by atoms with van der Waals surface area (Å²) in [4.78, 5) is 23.3. The molecular weight excluding hydrogens is 332 g/mol. The Morgan fingerprint density at radius 3 is 2.69 bits per heavy atom. The number of aromatic carboxylic acids is 1. The number of nitrogens with zero attached hydrogens (tertiary/aromatic N) is 3. The van der Waals surface area contributed by atoms with Gasteiger partial charge in [0, 0.05) is 30.7 Å². The fourth-order valence-electron chi connectivity index (χ4n) is 2.76. The molecule has 3 rings (SSSR count). The summed E-state index contributed by atoms with van der Waals surface area (Å²) in [6.45, 7) is 2.14. The molecular formula is C19H20N4O3. The van der Waals surface area contributed by atoms with Crippen LogP contribution in [0.25, 0.3) is 5.69 Å². The maximum atomic E-state index is 12.2. The molecule has 0 bridgehead atoms. The average Bonchev–Trinajstić information content (AvgIpc) is 3.31. The molecule has 1 unspecified atom stereocenters. The number of carboxylic acids is 1. The van der Waals surface area contributed by atoms with Crippen LogP contribution < -0.4 is 5.32 Å². The van der Waals surface area contributed by atoms with Crippen LogP contribution in [0.2, 0.25) is 0 Å². The molecule has 3 aromatic rings. The molecule has 0 saturated carbocycles. The molecule has 0 spiro atoms. The summed E-state index contributed by atoms with van der Waals surface area (Å²) < 4.78 is 3.32. The van der Waals surface area contributed by atoms with Crippen molar-refractivity contribution in [3.8, 4) is 5.69 Å². The molecule has 2 N–H and O–H groups in total. The molecule has 134 valence electrons. The monoisotopic (exact) mass is 352 g/mol. The molecule has 0 radical (unpaired) electrons. The van der Waals surface area contributed by atoms with Crippen LogP contribution >= 0.6 is 0 Å². The van der Waals surface area contributed by atoms with Crippen molar-refractivity contribution in [2.75, 3.05) is 0 Å². The molecule has 0 aliphatic heterocycles. The Morgan fingerprint density at radius 2 is 1.96 bits per heavy atom. The molecule has 7 heteroatoms. The SMILES string of the molecule is CC(NC(=O)CCn1nccc1C(=O)O)c1cccc(-n2cccc2)c1. The zero-order chi connectivity index (χ0) is 18.5. The fourth-order valence-corrected chi connectivity index (χ4v) is 2.76. The average molecular weight is 352 g/mol. The predicted octanol–water partition coefficient (Wildman–Crippen LogP) is 2.64. The van der Waals surface area contributed by atoms with E-state index in [-0.39, 0.29) is 30.6 Å². The summed E-state index contributed by atoms with van der Waals surface area (Å²) in [6.07, 6.45) is 5.50. The van der Waals surface area contributed by atoms with E-state index in [0.29, 0.717) is 0 Å². The van der Waals surface area contributed by atoms with Crippen molar-refractivity contribution in [1.82, 2.24) is 19.7 Å². The summed E-state index contributed by atoms with van der Waals surface area (Å²) in [5.74, 6) is -1.21. The molecule has 26 heavy (non-hydrogen) atoms. The second-order valence-electron chi connectivity index (χ2n) is 5.97. The number of hydrogen-bond acceptors (Lipinski definition) is 3. The van der Waals surface area contributed by atoms with Crippen molar-refractivity contribution in [3.05, 3.63) is 72.3 Å². The van der Waals surface area contributed by atoms with Crippen LogP contribution in [0.1, 0.15) is 35.4 Å². The topological polar surface area (TPSA) is 89.2 Å². The third-order valence-electron chi connectivity index (χ3n) is 4.14. The number of aromatic nitrogens is 3. The fraction of sp³-hybridized carbons (Fsp3) is 0.211. The Labute approximate surface area is 150 Å². The molecule has 0 fully saturated rings. The number of carbonyl (C=O) groups excluding carboxylic acids is 1. The summed E-state index contributed by atoms with van der Waals surface area (Å²) >= 11 is 0. The number of carboxylic acid groups (broad SMARTS) is 1. The van der Waals surface area contributed by atoms with Crippen molar-refractivity contribution >= 4 is 11.9 Å². The van der Waals surface area contributed by atoms with Gasteiger partial charge in [0.25, 0.3) is 0 Å². The van der Waals surface area contributed by atoms with Crippen LogP contribution in [0.3, 0.4) is 0 Å². The number of rotatable bonds is 7. The van der Waals surface area contributed by atoms with Crippen LogP contribution in [0.5, 0.6) is 0 Å². The Morgan fingerprint density at radius 1 is 1.19 bits per heavy atom. The van der Waals surface area contributed by atoms with Gasteiger partial charge in [-0.05, 0) is 42.8 Å². The van der Waals surface area contributed by atoms with Crippen molar-refractivity contribution in [3.63, 3.8) is 0 Å². The normalized spacial score (nSPS) is 11.9. The van der Waals surface area contributed by atoms with Gasteiger partial charge in [0.05, 0.1) is 12.6 Å². The van der Waals surface area contributed by atoms with Gasteiger partial charge in [0.2, 0.25) is 5.91 Å². The van der Waals surface area contributed by atoms with Gasteiger partial charge >= 0.3 is 5.97 Å². The highest BCUT2D eigenvalue weighted by molar-refractivity contribution is 5.85. The molecule has 2 heterocycles. The van der Waals surface area contributed by atoms with Crippen LogP contribution in [-0.4, -0.2) is 31.3 Å². The number of aryl methyl sites for hydroxylation is 1. The second kappa shape index (κ2) is 7.69. The number of nitrogens with one attached hydrogen (secondary N) is 1. The third-order valence-corrected chi connectivity index (χ3v) is 4.14. The standard InChI is InChI=1S/C19H20N4O3/c1-14(15-5-4-6-16(13-15)22-10-2-3-11-22)21-18(24)8-12-23-17(19(25)26)7-9-20-23/h2-7,9-11,13-14H,8,12H2,1H3,(H,21,24)(H,25,26). The van der Waals surface area contributed by atoms with Gasteiger partial charge in [-0.3, -0.25) is 9.48 Å². The van der Waals surface area contributed by atoms with Crippen LogP contribution in [0.4, 0.5) is 0 Å². The smallest absolute Gasteiger partial charge is 0.354 e. The zero-order valence-corrected chi connectivity index (χ0v) is 14.4. The summed E-state index contributed by atoms with van der Waals surface area (Å²) in [7, 11) is 0. The highest BCUT2D eigenvalue weighted by atomic mass is 16.4. The van der Waals surface area contributed by atoms with E-state index in [4.69, 9.17) is 5.11 Å². The van der Waals surface area contributed by atoms with E-state index < -0.39 is 5.97 Å². The number of benzene rings is 1. The number of carbonyl (C=O) groups is 2. The van der Waals surface area contributed by atoms with Crippen molar-refractivity contribution in [1.29, 1.82) is 0 Å². The van der Waals surface area contributed by atoms with Crippen molar-refractivity contribution in [2.45, 2.75) is 25.9 Å². The van der Waals surface area contributed by atoms with Gasteiger partial charge in [-0.1, -0.05) is 12.1 Å². The summed E-state index contributed by atoms with van der Waals surface area (Å²) in [5.41, 5.74) is 2.09. The largest absolute Gasteiger partial charge is 0.477 e. The molecule has 0 aliphatic carbocycles. The second-order valence-corrected chi connectivity index (χ2v) is 5.97. The van der Waals surface area contributed by atoms with Gasteiger partial charge in [-0.25, -0.2) is 4.79 Å². The van der Waals surface area contributed by atoms with Crippen molar-refractivity contribution < 1.29 is 14.7 Å². The Balaban J connectivity index is 1.60. The van der Waals surface area contributed by atoms with Crippen molar-refractivity contribution in [2.24, 2.45) is 0 Å². The molecule has 0 aliphatic rings. The maximum Gasteiger partial charge on any atom is 0.354 e. The highest BCUT2D eigenvalue weighted by Crippen LogP contribution is 2.17. The first kappa shape index (κ1) is 17.5. The van der Waals surface area contributed by atoms with E-state index in [1.165, 1.54) is 16.9 Å². The Bertz CT molecular complexity index is 899. The lowest BCUT2D eigenvalue weighted by atomic mass is 10.1. The molecule has 1 aromatic carbocycles. The van der Waals surface area contributed by atoms with Gasteiger partial charge in [-0.2, -0.15) is 5.10 Å². The predicted molar refractivity (Wildman–Crippen MR) is 96.1 cm³/mol. The number of amides is 1. The van der Waals surface area contributed by atoms with Crippen LogP contribution in [0, 0.1) is 0 Å². The van der Waals surface area contributed by atoms with E-state index >= 15 is 0 Å². The number of hydrogen-bond donors (Lipinski definition) is 2. The Hall–Kier alpha value is -3.35. The van der Waals surface area contributed by atoms with Gasteiger partial charge in [-0.15, -0.1) is 0 Å². The minimum absolute atomic E-state index is 0.0743. The lowest BCUT2D eigenvalue weighted by Crippen LogP contribution is -2.28. The van der Waals surface area contributed by atoms with E-state index in [0.717, 1.165) is 11.3 Å². The third kappa shape index (κ3) is 4.00. The van der Waals surface area contributed by atoms with E-state index in [9.17, 15) is 9.59 Å². The lowest BCUT2D eigenvalue weighted by molar-refractivity contribution is -0.122. The maximum absolute atomic E-state index is 12.2. The molecule has 1 amide bonds. The molecule has 0 saturated heterocycles. The van der Waals surface area contributed by atoms with E-state index in [2.05, 4.69) is 10.4 Å². The minimum atomic E-state index is -1.06. The summed E-state index contributed by atoms with van der Waals surface area (Å²) in [6, 6.07) is 13.1. The van der Waals surface area contributed by atoms with E-state index in [1.54, 1.807) is 0 Å². The van der Waals surface area contributed by atoms with Gasteiger partial charge in [0.15, 0.2) is 0 Å². The van der Waals surface area contributed by atoms with Gasteiger partial charge < -0.3 is 15.0 Å². The minimum Gasteiger partial charge on any atom is -0.477 e. The highest BCUT2D eigenvalue weighted by Gasteiger charge is 2.13.